The minimum atomic E-state index is -0.145. The summed E-state index contributed by atoms with van der Waals surface area (Å²) in [7, 11) is 1.45. The highest BCUT2D eigenvalue weighted by atomic mass is 16.5. The molecule has 7 heteroatoms. The minimum absolute atomic E-state index is 0.108. The van der Waals surface area contributed by atoms with Crippen LogP contribution in [0.15, 0.2) is 23.2 Å². The molecule has 0 aromatic heterocycles. The van der Waals surface area contributed by atoms with E-state index in [1.807, 2.05) is 32.9 Å². The summed E-state index contributed by atoms with van der Waals surface area (Å²) in [5.41, 5.74) is 1.15. The van der Waals surface area contributed by atoms with Crippen molar-refractivity contribution in [1.82, 2.24) is 10.2 Å². The SMILES string of the molecule is CCNC(=NCCc1ccc(OCC)c(OCC)c1)N1CC(C)C(C(=O)OC)C1. The van der Waals surface area contributed by atoms with E-state index in [2.05, 4.69) is 23.2 Å². The van der Waals surface area contributed by atoms with Crippen molar-refractivity contribution < 1.29 is 19.0 Å². The summed E-state index contributed by atoms with van der Waals surface area (Å²) >= 11 is 0. The number of guanidine groups is 1. The fourth-order valence-corrected chi connectivity index (χ4v) is 3.57. The smallest absolute Gasteiger partial charge is 0.310 e. The van der Waals surface area contributed by atoms with E-state index in [1.165, 1.54) is 7.11 Å². The van der Waals surface area contributed by atoms with Crippen molar-refractivity contribution in [2.24, 2.45) is 16.8 Å². The second kappa shape index (κ2) is 11.5. The number of nitrogens with one attached hydrogen (secondary N) is 1. The van der Waals surface area contributed by atoms with Crippen LogP contribution in [0, 0.1) is 11.8 Å². The highest BCUT2D eigenvalue weighted by Gasteiger charge is 2.36. The van der Waals surface area contributed by atoms with E-state index in [0.717, 1.165) is 42.5 Å². The summed E-state index contributed by atoms with van der Waals surface area (Å²) in [6, 6.07) is 6.05. The highest BCUT2D eigenvalue weighted by Crippen LogP contribution is 2.29. The van der Waals surface area contributed by atoms with Crippen molar-refractivity contribution in [3.8, 4) is 11.5 Å². The Hall–Kier alpha value is -2.44. The molecule has 1 heterocycles. The van der Waals surface area contributed by atoms with Crippen LogP contribution in [0.5, 0.6) is 11.5 Å². The molecule has 1 aromatic carbocycles. The lowest BCUT2D eigenvalue weighted by Crippen LogP contribution is -2.40. The van der Waals surface area contributed by atoms with Gasteiger partial charge in [-0.1, -0.05) is 13.0 Å². The maximum Gasteiger partial charge on any atom is 0.310 e. The zero-order valence-electron chi connectivity index (χ0n) is 18.4. The van der Waals surface area contributed by atoms with Gasteiger partial charge in [-0.05, 0) is 50.8 Å². The third-order valence-corrected chi connectivity index (χ3v) is 5.02. The van der Waals surface area contributed by atoms with Gasteiger partial charge >= 0.3 is 5.97 Å². The van der Waals surface area contributed by atoms with Gasteiger partial charge in [0.05, 0.1) is 26.2 Å². The standard InChI is InChI=1S/C22H35N3O4/c1-6-23-22(25-14-16(4)18(15-25)21(26)27-5)24-12-11-17-9-10-19(28-7-2)20(13-17)29-8-3/h9-10,13,16,18H,6-8,11-12,14-15H2,1-5H3,(H,23,24). The number of hydrogen-bond donors (Lipinski definition) is 1. The molecule has 7 nitrogen and oxygen atoms in total. The summed E-state index contributed by atoms with van der Waals surface area (Å²) in [5, 5.41) is 3.35. The van der Waals surface area contributed by atoms with Gasteiger partial charge in [0.25, 0.3) is 0 Å². The van der Waals surface area contributed by atoms with Crippen molar-refractivity contribution in [1.29, 1.82) is 0 Å². The van der Waals surface area contributed by atoms with E-state index in [9.17, 15) is 4.79 Å². The number of methoxy groups -OCH3 is 1. The van der Waals surface area contributed by atoms with Gasteiger partial charge < -0.3 is 24.4 Å². The Kier molecular flexibility index (Phi) is 9.09. The molecule has 1 saturated heterocycles. The van der Waals surface area contributed by atoms with Crippen molar-refractivity contribution in [3.05, 3.63) is 23.8 Å². The predicted molar refractivity (Wildman–Crippen MR) is 115 cm³/mol. The maximum atomic E-state index is 12.0. The highest BCUT2D eigenvalue weighted by molar-refractivity contribution is 5.82. The van der Waals surface area contributed by atoms with Crippen LogP contribution in [0.1, 0.15) is 33.3 Å². The average Bonchev–Trinajstić information content (AvgIpc) is 3.10. The van der Waals surface area contributed by atoms with E-state index in [-0.39, 0.29) is 17.8 Å². The molecule has 0 aliphatic carbocycles. The summed E-state index contributed by atoms with van der Waals surface area (Å²) in [4.78, 5) is 18.9. The van der Waals surface area contributed by atoms with Gasteiger partial charge in [-0.3, -0.25) is 9.79 Å². The quantitative estimate of drug-likeness (QED) is 0.387. The molecule has 29 heavy (non-hydrogen) atoms. The van der Waals surface area contributed by atoms with Gasteiger partial charge in [0.1, 0.15) is 0 Å². The van der Waals surface area contributed by atoms with Crippen LogP contribution in [0.3, 0.4) is 0 Å². The molecular formula is C22H35N3O4. The number of hydrogen-bond acceptors (Lipinski definition) is 5. The average molecular weight is 406 g/mol. The number of carbonyl (C=O) groups is 1. The molecule has 0 amide bonds. The van der Waals surface area contributed by atoms with E-state index in [0.29, 0.717) is 26.3 Å². The number of ether oxygens (including phenoxy) is 3. The van der Waals surface area contributed by atoms with Crippen LogP contribution < -0.4 is 14.8 Å². The number of carbonyl (C=O) groups excluding carboxylic acids is 1. The van der Waals surface area contributed by atoms with Crippen LogP contribution in [0.4, 0.5) is 0 Å². The van der Waals surface area contributed by atoms with Gasteiger partial charge in [-0.25, -0.2) is 0 Å². The number of rotatable bonds is 9. The molecule has 2 atom stereocenters. The fraction of sp³-hybridized carbons (Fsp3) is 0.636. The molecule has 1 aromatic rings. The molecule has 2 rings (SSSR count). The lowest BCUT2D eigenvalue weighted by Gasteiger charge is -2.21. The van der Waals surface area contributed by atoms with Gasteiger partial charge in [0.2, 0.25) is 0 Å². The molecule has 1 aliphatic heterocycles. The summed E-state index contributed by atoms with van der Waals surface area (Å²) in [6.45, 7) is 12.1. The Morgan fingerprint density at radius 1 is 1.17 bits per heavy atom. The number of likely N-dealkylation sites (tertiary alicyclic amines) is 1. The van der Waals surface area contributed by atoms with Crippen molar-refractivity contribution >= 4 is 11.9 Å². The molecule has 2 unspecified atom stereocenters. The summed E-state index contributed by atoms with van der Waals surface area (Å²) < 4.78 is 16.3. The molecule has 0 saturated carbocycles. The monoisotopic (exact) mass is 405 g/mol. The molecular weight excluding hydrogens is 370 g/mol. The first-order valence-electron chi connectivity index (χ1n) is 10.5. The summed E-state index contributed by atoms with van der Waals surface area (Å²) in [5.74, 6) is 2.39. The van der Waals surface area contributed by atoms with Crippen LogP contribution in [0.2, 0.25) is 0 Å². The zero-order chi connectivity index (χ0) is 21.2. The van der Waals surface area contributed by atoms with Crippen molar-refractivity contribution in [2.75, 3.05) is 46.5 Å². The number of aliphatic imine (C=N–C) groups is 1. The Bertz CT molecular complexity index is 693. The molecule has 1 N–H and O–H groups in total. The normalized spacial score (nSPS) is 19.2. The third-order valence-electron chi connectivity index (χ3n) is 5.02. The second-order valence-electron chi connectivity index (χ2n) is 7.14. The lowest BCUT2D eigenvalue weighted by atomic mass is 9.99. The first kappa shape index (κ1) is 22.8. The van der Waals surface area contributed by atoms with Crippen LogP contribution in [-0.4, -0.2) is 63.3 Å². The molecule has 0 radical (unpaired) electrons. The maximum absolute atomic E-state index is 12.0. The minimum Gasteiger partial charge on any atom is -0.490 e. The van der Waals surface area contributed by atoms with Crippen LogP contribution in [0.25, 0.3) is 0 Å². The second-order valence-corrected chi connectivity index (χ2v) is 7.14. The molecule has 1 aliphatic rings. The zero-order valence-corrected chi connectivity index (χ0v) is 18.4. The Morgan fingerprint density at radius 2 is 1.90 bits per heavy atom. The first-order valence-corrected chi connectivity index (χ1v) is 10.5. The number of benzene rings is 1. The van der Waals surface area contributed by atoms with E-state index in [4.69, 9.17) is 19.2 Å². The largest absolute Gasteiger partial charge is 0.490 e. The van der Waals surface area contributed by atoms with Gasteiger partial charge in [-0.15, -0.1) is 0 Å². The number of esters is 1. The Labute approximate surface area is 174 Å². The van der Waals surface area contributed by atoms with E-state index >= 15 is 0 Å². The van der Waals surface area contributed by atoms with Gasteiger partial charge in [-0.2, -0.15) is 0 Å². The summed E-state index contributed by atoms with van der Waals surface area (Å²) in [6.07, 6.45) is 0.797. The van der Waals surface area contributed by atoms with Gasteiger partial charge in [0.15, 0.2) is 17.5 Å². The fourth-order valence-electron chi connectivity index (χ4n) is 3.57. The molecule has 0 bridgehead atoms. The van der Waals surface area contributed by atoms with Crippen LogP contribution >= 0.6 is 0 Å². The van der Waals surface area contributed by atoms with E-state index in [1.54, 1.807) is 0 Å². The van der Waals surface area contributed by atoms with Gasteiger partial charge in [0, 0.05) is 26.2 Å². The van der Waals surface area contributed by atoms with Crippen molar-refractivity contribution in [2.45, 2.75) is 34.1 Å². The van der Waals surface area contributed by atoms with E-state index < -0.39 is 0 Å². The number of nitrogens with zero attached hydrogens (tertiary/aromatic N) is 2. The predicted octanol–water partition coefficient (Wildman–Crippen LogP) is 2.73. The lowest BCUT2D eigenvalue weighted by molar-refractivity contribution is -0.145. The first-order chi connectivity index (χ1) is 14.0. The topological polar surface area (TPSA) is 72.4 Å². The Morgan fingerprint density at radius 3 is 2.55 bits per heavy atom. The molecule has 162 valence electrons. The van der Waals surface area contributed by atoms with Crippen molar-refractivity contribution in [3.63, 3.8) is 0 Å². The Balaban J connectivity index is 2.04. The van der Waals surface area contributed by atoms with Crippen LogP contribution in [-0.2, 0) is 16.0 Å². The third kappa shape index (κ3) is 6.27. The molecule has 1 fully saturated rings. The molecule has 0 spiro atoms.